The second-order valence-corrected chi connectivity index (χ2v) is 5.70. The zero-order valence-electron chi connectivity index (χ0n) is 14.1. The number of ketones is 1. The number of nitrogens with zero attached hydrogens (tertiary/aromatic N) is 3. The summed E-state index contributed by atoms with van der Waals surface area (Å²) in [5.41, 5.74) is 6.93. The lowest BCUT2D eigenvalue weighted by atomic mass is 10.0. The molecule has 4 N–H and O–H groups in total. The summed E-state index contributed by atoms with van der Waals surface area (Å²) in [5, 5.41) is 9.13. The van der Waals surface area contributed by atoms with Crippen molar-refractivity contribution < 1.29 is 14.4 Å². The summed E-state index contributed by atoms with van der Waals surface area (Å²) in [6.07, 6.45) is 4.32. The molecule has 9 nitrogen and oxygen atoms in total. The minimum atomic E-state index is -1.11. The van der Waals surface area contributed by atoms with Crippen LogP contribution in [0, 0.1) is 0 Å². The van der Waals surface area contributed by atoms with E-state index in [1.165, 1.54) is 18.7 Å². The Morgan fingerprint density at radius 3 is 2.59 bits per heavy atom. The summed E-state index contributed by atoms with van der Waals surface area (Å²) in [4.78, 5) is 44.2. The van der Waals surface area contributed by atoms with Gasteiger partial charge in [-0.05, 0) is 11.6 Å². The fourth-order valence-corrected chi connectivity index (χ4v) is 2.56. The maximum absolute atomic E-state index is 12.7. The molecular formula is C18H16N6O3. The van der Waals surface area contributed by atoms with E-state index in [-0.39, 0.29) is 12.0 Å². The Morgan fingerprint density at radius 2 is 1.93 bits per heavy atom. The number of carbonyl (C=O) groups is 3. The SMILES string of the molecule is NC(=O)C(=O)C(Cc1ccccc1)NC(=O)c1cn[nH]c1-c1ccncn1. The van der Waals surface area contributed by atoms with E-state index in [1.54, 1.807) is 30.3 Å². The number of H-pyrrole nitrogens is 1. The van der Waals surface area contributed by atoms with Gasteiger partial charge in [-0.2, -0.15) is 5.10 Å². The molecular weight excluding hydrogens is 348 g/mol. The van der Waals surface area contributed by atoms with Crippen LogP contribution in [0.3, 0.4) is 0 Å². The van der Waals surface area contributed by atoms with E-state index in [4.69, 9.17) is 5.73 Å². The monoisotopic (exact) mass is 364 g/mol. The van der Waals surface area contributed by atoms with E-state index in [0.717, 1.165) is 5.56 Å². The summed E-state index contributed by atoms with van der Waals surface area (Å²) in [5.74, 6) is -2.56. The van der Waals surface area contributed by atoms with Gasteiger partial charge >= 0.3 is 0 Å². The number of amides is 2. The fourth-order valence-electron chi connectivity index (χ4n) is 2.56. The van der Waals surface area contributed by atoms with Crippen molar-refractivity contribution >= 4 is 17.6 Å². The first-order chi connectivity index (χ1) is 13.1. The highest BCUT2D eigenvalue weighted by Crippen LogP contribution is 2.18. The first kappa shape index (κ1) is 17.9. The summed E-state index contributed by atoms with van der Waals surface area (Å²) < 4.78 is 0. The molecule has 0 aliphatic carbocycles. The number of Topliss-reactive ketones (excluding diaryl/α,β-unsaturated/α-hetero) is 1. The van der Waals surface area contributed by atoms with Crippen molar-refractivity contribution in [3.63, 3.8) is 0 Å². The average molecular weight is 364 g/mol. The van der Waals surface area contributed by atoms with Crippen molar-refractivity contribution in [3.8, 4) is 11.4 Å². The number of benzene rings is 1. The van der Waals surface area contributed by atoms with Crippen molar-refractivity contribution in [1.82, 2.24) is 25.5 Å². The van der Waals surface area contributed by atoms with Crippen LogP contribution in [-0.4, -0.2) is 43.8 Å². The zero-order valence-corrected chi connectivity index (χ0v) is 14.1. The van der Waals surface area contributed by atoms with E-state index in [1.807, 2.05) is 6.07 Å². The lowest BCUT2D eigenvalue weighted by Crippen LogP contribution is -2.47. The highest BCUT2D eigenvalue weighted by Gasteiger charge is 2.27. The maximum atomic E-state index is 12.7. The van der Waals surface area contributed by atoms with E-state index in [9.17, 15) is 14.4 Å². The molecule has 0 saturated heterocycles. The Balaban J connectivity index is 1.84. The van der Waals surface area contributed by atoms with Crippen LogP contribution in [0.15, 0.2) is 55.1 Å². The first-order valence-electron chi connectivity index (χ1n) is 8.04. The Hall–Kier alpha value is -3.88. The van der Waals surface area contributed by atoms with Crippen molar-refractivity contribution in [2.45, 2.75) is 12.5 Å². The number of aromatic amines is 1. The lowest BCUT2D eigenvalue weighted by molar-refractivity contribution is -0.137. The van der Waals surface area contributed by atoms with E-state index in [2.05, 4.69) is 25.5 Å². The van der Waals surface area contributed by atoms with Crippen molar-refractivity contribution in [3.05, 3.63) is 66.2 Å². The molecule has 1 atom stereocenters. The first-order valence-corrected chi connectivity index (χ1v) is 8.04. The number of hydrogen-bond donors (Lipinski definition) is 3. The van der Waals surface area contributed by atoms with Gasteiger partial charge in [0.2, 0.25) is 5.78 Å². The van der Waals surface area contributed by atoms with Crippen LogP contribution in [0.5, 0.6) is 0 Å². The molecule has 0 aliphatic heterocycles. The molecule has 136 valence electrons. The molecule has 2 heterocycles. The minimum Gasteiger partial charge on any atom is -0.363 e. The number of aromatic nitrogens is 4. The fraction of sp³-hybridized carbons (Fsp3) is 0.111. The Morgan fingerprint density at radius 1 is 1.15 bits per heavy atom. The Kier molecular flexibility index (Phi) is 5.31. The van der Waals surface area contributed by atoms with E-state index < -0.39 is 23.6 Å². The van der Waals surface area contributed by atoms with Gasteiger partial charge in [0.1, 0.15) is 12.4 Å². The molecule has 0 bridgehead atoms. The van der Waals surface area contributed by atoms with Gasteiger partial charge in [0.05, 0.1) is 23.1 Å². The standard InChI is InChI=1S/C18H16N6O3/c19-17(26)16(25)14(8-11-4-2-1-3-5-11)23-18(27)12-9-22-24-15(12)13-6-7-20-10-21-13/h1-7,9-10,14H,8H2,(H2,19,26)(H,22,24)(H,23,27). The second-order valence-electron chi connectivity index (χ2n) is 5.70. The predicted molar refractivity (Wildman–Crippen MR) is 95.2 cm³/mol. The third-order valence-electron chi connectivity index (χ3n) is 3.87. The van der Waals surface area contributed by atoms with Crippen LogP contribution in [0.1, 0.15) is 15.9 Å². The number of carbonyl (C=O) groups excluding carboxylic acids is 3. The zero-order chi connectivity index (χ0) is 19.2. The minimum absolute atomic E-state index is 0.134. The number of rotatable bonds is 7. The summed E-state index contributed by atoms with van der Waals surface area (Å²) in [7, 11) is 0. The van der Waals surface area contributed by atoms with Crippen LogP contribution >= 0.6 is 0 Å². The lowest BCUT2D eigenvalue weighted by Gasteiger charge is -2.16. The molecule has 0 aliphatic rings. The number of primary amides is 1. The molecule has 2 aromatic heterocycles. The Bertz CT molecular complexity index is 955. The van der Waals surface area contributed by atoms with Gasteiger partial charge in [-0.25, -0.2) is 9.97 Å². The van der Waals surface area contributed by atoms with Gasteiger partial charge < -0.3 is 11.1 Å². The number of nitrogens with one attached hydrogen (secondary N) is 2. The topological polar surface area (TPSA) is 144 Å². The largest absolute Gasteiger partial charge is 0.363 e. The molecule has 0 fully saturated rings. The average Bonchev–Trinajstić information content (AvgIpc) is 3.18. The molecule has 27 heavy (non-hydrogen) atoms. The Labute approximate surface area is 154 Å². The number of nitrogens with two attached hydrogens (primary N) is 1. The maximum Gasteiger partial charge on any atom is 0.287 e. The van der Waals surface area contributed by atoms with Gasteiger partial charge in [-0.15, -0.1) is 0 Å². The molecule has 3 rings (SSSR count). The summed E-state index contributed by atoms with van der Waals surface area (Å²) in [6.45, 7) is 0. The van der Waals surface area contributed by atoms with Gasteiger partial charge in [0.15, 0.2) is 0 Å². The second kappa shape index (κ2) is 8.00. The van der Waals surface area contributed by atoms with Crippen molar-refractivity contribution in [2.75, 3.05) is 0 Å². The molecule has 2 amide bonds. The predicted octanol–water partition coefficient (Wildman–Crippen LogP) is 0.262. The molecule has 9 heteroatoms. The van der Waals surface area contributed by atoms with Gasteiger partial charge in [0, 0.05) is 12.6 Å². The van der Waals surface area contributed by atoms with E-state index in [0.29, 0.717) is 11.4 Å². The van der Waals surface area contributed by atoms with Crippen LogP contribution in [-0.2, 0) is 16.0 Å². The quantitative estimate of drug-likeness (QED) is 0.513. The molecule has 1 aromatic carbocycles. The number of hydrogen-bond acceptors (Lipinski definition) is 6. The summed E-state index contributed by atoms with van der Waals surface area (Å²) in [6, 6.07) is 9.52. The van der Waals surface area contributed by atoms with Gasteiger partial charge in [0.25, 0.3) is 11.8 Å². The van der Waals surface area contributed by atoms with Crippen LogP contribution < -0.4 is 11.1 Å². The smallest absolute Gasteiger partial charge is 0.287 e. The highest BCUT2D eigenvalue weighted by molar-refractivity contribution is 6.38. The van der Waals surface area contributed by atoms with Crippen LogP contribution in [0.25, 0.3) is 11.4 Å². The van der Waals surface area contributed by atoms with E-state index >= 15 is 0 Å². The summed E-state index contributed by atoms with van der Waals surface area (Å²) >= 11 is 0. The van der Waals surface area contributed by atoms with Crippen LogP contribution in [0.4, 0.5) is 0 Å². The highest BCUT2D eigenvalue weighted by atomic mass is 16.2. The normalized spacial score (nSPS) is 11.6. The molecule has 3 aromatic rings. The molecule has 0 saturated carbocycles. The van der Waals surface area contributed by atoms with Gasteiger partial charge in [-0.1, -0.05) is 30.3 Å². The third-order valence-corrected chi connectivity index (χ3v) is 3.87. The molecule has 1 unspecified atom stereocenters. The van der Waals surface area contributed by atoms with Gasteiger partial charge in [-0.3, -0.25) is 19.5 Å². The van der Waals surface area contributed by atoms with Crippen LogP contribution in [0.2, 0.25) is 0 Å². The molecule has 0 spiro atoms. The molecule has 0 radical (unpaired) electrons. The van der Waals surface area contributed by atoms with Crippen molar-refractivity contribution in [2.24, 2.45) is 5.73 Å². The third kappa shape index (κ3) is 4.21. The van der Waals surface area contributed by atoms with Crippen molar-refractivity contribution in [1.29, 1.82) is 0 Å².